The Morgan fingerprint density at radius 1 is 0.792 bits per heavy atom. The molecular weight excluding hydrogens is 298 g/mol. The Morgan fingerprint density at radius 2 is 1.33 bits per heavy atom. The summed E-state index contributed by atoms with van der Waals surface area (Å²) in [4.78, 5) is 2.39. The van der Waals surface area contributed by atoms with E-state index >= 15 is 0 Å². The molecule has 0 aliphatic carbocycles. The molecule has 1 atom stereocenters. The largest absolute Gasteiger partial charge is 0.350 e. The molecule has 0 aliphatic rings. The highest BCUT2D eigenvalue weighted by Gasteiger charge is 2.34. The van der Waals surface area contributed by atoms with Crippen molar-refractivity contribution in [3.05, 3.63) is 0 Å². The Kier molecular flexibility index (Phi) is 15.1. The molecule has 0 bridgehead atoms. The van der Waals surface area contributed by atoms with Crippen LogP contribution in [0.1, 0.15) is 92.4 Å². The molecule has 0 aromatic carbocycles. The van der Waals surface area contributed by atoms with E-state index in [2.05, 4.69) is 46.6 Å². The Morgan fingerprint density at radius 3 is 1.88 bits per heavy atom. The lowest BCUT2D eigenvalue weighted by Gasteiger charge is -2.37. The Hall–Kier alpha value is -0.120. The molecule has 0 aromatic rings. The summed E-state index contributed by atoms with van der Waals surface area (Å²) in [5, 5.41) is 0. The molecule has 0 amide bonds. The highest BCUT2D eigenvalue weighted by molar-refractivity contribution is 4.76. The summed E-state index contributed by atoms with van der Waals surface area (Å²) >= 11 is 0. The molecule has 0 N–H and O–H groups in total. The van der Waals surface area contributed by atoms with Gasteiger partial charge in [0.25, 0.3) is 0 Å². The van der Waals surface area contributed by atoms with Crippen LogP contribution in [0, 0.1) is 5.92 Å². The molecule has 1 unspecified atom stereocenters. The van der Waals surface area contributed by atoms with Gasteiger partial charge in [0, 0.05) is 19.1 Å². The molecule has 3 heteroatoms. The second-order valence-electron chi connectivity index (χ2n) is 7.17. The summed E-state index contributed by atoms with van der Waals surface area (Å²) in [6, 6.07) is 0. The molecule has 146 valence electrons. The van der Waals surface area contributed by atoms with E-state index in [4.69, 9.17) is 9.47 Å². The molecule has 0 saturated carbocycles. The fraction of sp³-hybridized carbons (Fsp3) is 1.00. The summed E-state index contributed by atoms with van der Waals surface area (Å²) in [6.45, 7) is 14.5. The third-order valence-corrected chi connectivity index (χ3v) is 5.14. The Labute approximate surface area is 152 Å². The van der Waals surface area contributed by atoms with Gasteiger partial charge in [0.15, 0.2) is 5.79 Å². The minimum atomic E-state index is -0.419. The van der Waals surface area contributed by atoms with Gasteiger partial charge in [-0.3, -0.25) is 0 Å². The quantitative estimate of drug-likeness (QED) is 0.243. The van der Waals surface area contributed by atoms with Crippen LogP contribution >= 0.6 is 0 Å². The van der Waals surface area contributed by atoms with Crippen molar-refractivity contribution in [3.8, 4) is 0 Å². The zero-order valence-electron chi connectivity index (χ0n) is 17.5. The second-order valence-corrected chi connectivity index (χ2v) is 7.17. The Balaban J connectivity index is 4.50. The standard InChI is InChI=1S/C21H45NO2/c1-7-11-12-13-14-15-17-20(18-16-19-22(6)8-2)21(5,23-9-3)24-10-4/h20H,7-19H2,1-6H3. The van der Waals surface area contributed by atoms with Crippen LogP contribution in [-0.2, 0) is 9.47 Å². The van der Waals surface area contributed by atoms with E-state index in [0.29, 0.717) is 5.92 Å². The van der Waals surface area contributed by atoms with Gasteiger partial charge in [0.2, 0.25) is 0 Å². The number of hydrogen-bond acceptors (Lipinski definition) is 3. The van der Waals surface area contributed by atoms with E-state index in [1.165, 1.54) is 57.8 Å². The molecule has 0 spiro atoms. The maximum atomic E-state index is 6.08. The zero-order valence-corrected chi connectivity index (χ0v) is 17.5. The number of rotatable bonds is 17. The highest BCUT2D eigenvalue weighted by Crippen LogP contribution is 2.32. The fourth-order valence-corrected chi connectivity index (χ4v) is 3.46. The van der Waals surface area contributed by atoms with Gasteiger partial charge in [0.1, 0.15) is 0 Å². The van der Waals surface area contributed by atoms with Crippen molar-refractivity contribution in [1.29, 1.82) is 0 Å². The van der Waals surface area contributed by atoms with Gasteiger partial charge >= 0.3 is 0 Å². The van der Waals surface area contributed by atoms with Gasteiger partial charge < -0.3 is 14.4 Å². The normalized spacial score (nSPS) is 13.6. The first-order valence-corrected chi connectivity index (χ1v) is 10.5. The average molecular weight is 344 g/mol. The van der Waals surface area contributed by atoms with Gasteiger partial charge in [-0.2, -0.15) is 0 Å². The minimum absolute atomic E-state index is 0.419. The lowest BCUT2D eigenvalue weighted by molar-refractivity contribution is -0.254. The third-order valence-electron chi connectivity index (χ3n) is 5.14. The average Bonchev–Trinajstić information content (AvgIpc) is 2.56. The summed E-state index contributed by atoms with van der Waals surface area (Å²) < 4.78 is 12.2. The van der Waals surface area contributed by atoms with E-state index in [0.717, 1.165) is 26.3 Å². The van der Waals surface area contributed by atoms with Crippen molar-refractivity contribution in [2.45, 2.75) is 98.2 Å². The van der Waals surface area contributed by atoms with Crippen molar-refractivity contribution in [2.24, 2.45) is 5.92 Å². The van der Waals surface area contributed by atoms with E-state index in [-0.39, 0.29) is 0 Å². The van der Waals surface area contributed by atoms with Crippen LogP contribution in [0.3, 0.4) is 0 Å². The van der Waals surface area contributed by atoms with E-state index < -0.39 is 5.79 Å². The molecule has 0 fully saturated rings. The number of ether oxygens (including phenoxy) is 2. The van der Waals surface area contributed by atoms with Crippen molar-refractivity contribution in [1.82, 2.24) is 4.90 Å². The molecule has 0 radical (unpaired) electrons. The SMILES string of the molecule is CCCCCCCCC(CCCN(C)CC)C(C)(OCC)OCC. The number of nitrogens with zero attached hydrogens (tertiary/aromatic N) is 1. The van der Waals surface area contributed by atoms with E-state index in [9.17, 15) is 0 Å². The molecule has 0 saturated heterocycles. The molecule has 0 heterocycles. The predicted octanol–water partition coefficient (Wildman–Crippen LogP) is 5.87. The van der Waals surface area contributed by atoms with E-state index in [1.807, 2.05) is 0 Å². The van der Waals surface area contributed by atoms with Crippen molar-refractivity contribution in [2.75, 3.05) is 33.4 Å². The first kappa shape index (κ1) is 23.9. The lowest BCUT2D eigenvalue weighted by Crippen LogP contribution is -2.41. The molecule has 24 heavy (non-hydrogen) atoms. The summed E-state index contributed by atoms with van der Waals surface area (Å²) in [5.41, 5.74) is 0. The molecule has 0 aromatic heterocycles. The van der Waals surface area contributed by atoms with Crippen LogP contribution in [0.2, 0.25) is 0 Å². The molecule has 0 aliphatic heterocycles. The molecular formula is C21H45NO2. The molecule has 3 nitrogen and oxygen atoms in total. The molecule has 0 rings (SSSR count). The topological polar surface area (TPSA) is 21.7 Å². The Bertz CT molecular complexity index is 265. The predicted molar refractivity (Wildman–Crippen MR) is 106 cm³/mol. The smallest absolute Gasteiger partial charge is 0.168 e. The lowest BCUT2D eigenvalue weighted by atomic mass is 9.88. The second kappa shape index (κ2) is 15.2. The van der Waals surface area contributed by atoms with Crippen molar-refractivity contribution >= 4 is 0 Å². The van der Waals surface area contributed by atoms with Crippen LogP contribution in [0.4, 0.5) is 0 Å². The third kappa shape index (κ3) is 10.7. The summed E-state index contributed by atoms with van der Waals surface area (Å²) in [5.74, 6) is 0.0753. The van der Waals surface area contributed by atoms with Gasteiger partial charge in [0.05, 0.1) is 0 Å². The minimum Gasteiger partial charge on any atom is -0.350 e. The van der Waals surface area contributed by atoms with Gasteiger partial charge in [-0.05, 0) is 60.2 Å². The van der Waals surface area contributed by atoms with E-state index in [1.54, 1.807) is 0 Å². The van der Waals surface area contributed by atoms with Crippen LogP contribution in [0.25, 0.3) is 0 Å². The fourth-order valence-electron chi connectivity index (χ4n) is 3.46. The monoisotopic (exact) mass is 343 g/mol. The summed E-state index contributed by atoms with van der Waals surface area (Å²) in [7, 11) is 2.20. The first-order valence-electron chi connectivity index (χ1n) is 10.5. The van der Waals surface area contributed by atoms with Crippen molar-refractivity contribution < 1.29 is 9.47 Å². The van der Waals surface area contributed by atoms with Gasteiger partial charge in [-0.25, -0.2) is 0 Å². The van der Waals surface area contributed by atoms with Crippen LogP contribution in [0.5, 0.6) is 0 Å². The number of hydrogen-bond donors (Lipinski definition) is 0. The van der Waals surface area contributed by atoms with Crippen LogP contribution in [0.15, 0.2) is 0 Å². The first-order chi connectivity index (χ1) is 11.5. The highest BCUT2D eigenvalue weighted by atomic mass is 16.7. The maximum absolute atomic E-state index is 6.08. The summed E-state index contributed by atoms with van der Waals surface area (Å²) in [6.07, 6.45) is 11.7. The zero-order chi connectivity index (χ0) is 18.3. The van der Waals surface area contributed by atoms with Crippen LogP contribution in [-0.4, -0.2) is 44.0 Å². The maximum Gasteiger partial charge on any atom is 0.168 e. The van der Waals surface area contributed by atoms with Crippen LogP contribution < -0.4 is 0 Å². The van der Waals surface area contributed by atoms with Crippen molar-refractivity contribution in [3.63, 3.8) is 0 Å². The van der Waals surface area contributed by atoms with Gasteiger partial charge in [-0.1, -0.05) is 52.4 Å². The number of unbranched alkanes of at least 4 members (excludes halogenated alkanes) is 5. The van der Waals surface area contributed by atoms with Gasteiger partial charge in [-0.15, -0.1) is 0 Å².